The third-order valence-corrected chi connectivity index (χ3v) is 1.60. The highest BCUT2D eigenvalue weighted by Crippen LogP contribution is 1.99. The van der Waals surface area contributed by atoms with Crippen molar-refractivity contribution in [2.24, 2.45) is 11.5 Å². The second-order valence-corrected chi connectivity index (χ2v) is 2.25. The van der Waals surface area contributed by atoms with Gasteiger partial charge in [-0.25, -0.2) is 4.79 Å². The molecule has 0 fully saturated rings. The van der Waals surface area contributed by atoms with Crippen molar-refractivity contribution in [3.05, 3.63) is 0 Å². The van der Waals surface area contributed by atoms with E-state index in [4.69, 9.17) is 11.5 Å². The van der Waals surface area contributed by atoms with Crippen molar-refractivity contribution in [2.45, 2.75) is 26.3 Å². The number of urea groups is 1. The lowest BCUT2D eigenvalue weighted by molar-refractivity contribution is 0.188. The van der Waals surface area contributed by atoms with Gasteiger partial charge < -0.3 is 16.4 Å². The summed E-state index contributed by atoms with van der Waals surface area (Å²) in [6.45, 7) is 4.10. The summed E-state index contributed by atoms with van der Waals surface area (Å²) in [5.41, 5.74) is 10.3. The van der Waals surface area contributed by atoms with Gasteiger partial charge in [0.05, 0.1) is 6.67 Å². The summed E-state index contributed by atoms with van der Waals surface area (Å²) in [5, 5.41) is 0. The fourth-order valence-corrected chi connectivity index (χ4v) is 0.708. The molecule has 10 heavy (non-hydrogen) atoms. The minimum Gasteiger partial charge on any atom is -0.351 e. The predicted molar refractivity (Wildman–Crippen MR) is 40.2 cm³/mol. The highest BCUT2D eigenvalue weighted by molar-refractivity contribution is 5.72. The number of rotatable bonds is 3. The zero-order chi connectivity index (χ0) is 8.15. The van der Waals surface area contributed by atoms with E-state index in [1.165, 1.54) is 4.90 Å². The Kier molecular flexibility index (Phi) is 3.79. The fourth-order valence-electron chi connectivity index (χ4n) is 0.708. The number of carbonyl (C=O) groups is 1. The van der Waals surface area contributed by atoms with E-state index < -0.39 is 6.03 Å². The van der Waals surface area contributed by atoms with Gasteiger partial charge in [0.15, 0.2) is 0 Å². The van der Waals surface area contributed by atoms with Gasteiger partial charge in [0.1, 0.15) is 0 Å². The third-order valence-electron chi connectivity index (χ3n) is 1.60. The van der Waals surface area contributed by atoms with Crippen LogP contribution in [0.3, 0.4) is 0 Å². The first-order valence-corrected chi connectivity index (χ1v) is 3.39. The molecule has 0 bridgehead atoms. The van der Waals surface area contributed by atoms with Gasteiger partial charge in [0.25, 0.3) is 0 Å². The summed E-state index contributed by atoms with van der Waals surface area (Å²) in [4.78, 5) is 12.0. The van der Waals surface area contributed by atoms with Crippen molar-refractivity contribution in [1.82, 2.24) is 4.90 Å². The minimum absolute atomic E-state index is 0.141. The highest BCUT2D eigenvalue weighted by atomic mass is 16.2. The van der Waals surface area contributed by atoms with E-state index >= 15 is 0 Å². The van der Waals surface area contributed by atoms with Crippen LogP contribution in [0.2, 0.25) is 0 Å². The summed E-state index contributed by atoms with van der Waals surface area (Å²) < 4.78 is 0. The molecule has 0 heterocycles. The maximum absolute atomic E-state index is 10.6. The van der Waals surface area contributed by atoms with Crippen LogP contribution in [0.4, 0.5) is 4.79 Å². The van der Waals surface area contributed by atoms with E-state index in [9.17, 15) is 4.79 Å². The Bertz CT molecular complexity index is 116. The van der Waals surface area contributed by atoms with Gasteiger partial charge in [0, 0.05) is 6.04 Å². The van der Waals surface area contributed by atoms with Crippen molar-refractivity contribution < 1.29 is 4.79 Å². The van der Waals surface area contributed by atoms with Gasteiger partial charge >= 0.3 is 6.03 Å². The van der Waals surface area contributed by atoms with Crippen molar-refractivity contribution >= 4 is 6.03 Å². The van der Waals surface area contributed by atoms with Crippen molar-refractivity contribution in [3.8, 4) is 0 Å². The summed E-state index contributed by atoms with van der Waals surface area (Å²) in [6, 6.07) is -0.306. The number of primary amides is 1. The smallest absolute Gasteiger partial charge is 0.316 e. The van der Waals surface area contributed by atoms with Crippen LogP contribution in [-0.4, -0.2) is 23.6 Å². The Labute approximate surface area is 61.2 Å². The Morgan fingerprint density at radius 2 is 2.20 bits per heavy atom. The summed E-state index contributed by atoms with van der Waals surface area (Å²) in [7, 11) is 0. The summed E-state index contributed by atoms with van der Waals surface area (Å²) >= 11 is 0. The predicted octanol–water partition coefficient (Wildman–Crippen LogP) is 0.0818. The Morgan fingerprint density at radius 3 is 2.30 bits per heavy atom. The highest BCUT2D eigenvalue weighted by Gasteiger charge is 2.12. The Morgan fingerprint density at radius 1 is 1.70 bits per heavy atom. The van der Waals surface area contributed by atoms with E-state index in [2.05, 4.69) is 0 Å². The van der Waals surface area contributed by atoms with Gasteiger partial charge in [-0.3, -0.25) is 0 Å². The molecule has 1 atom stereocenters. The van der Waals surface area contributed by atoms with Crippen molar-refractivity contribution in [1.29, 1.82) is 0 Å². The first kappa shape index (κ1) is 9.23. The fraction of sp³-hybridized carbons (Fsp3) is 0.833. The molecular formula is C6H15N3O. The minimum atomic E-state index is -0.447. The molecule has 0 aromatic carbocycles. The molecule has 0 saturated carbocycles. The first-order valence-electron chi connectivity index (χ1n) is 3.39. The van der Waals surface area contributed by atoms with E-state index in [1.54, 1.807) is 0 Å². The largest absolute Gasteiger partial charge is 0.351 e. The zero-order valence-corrected chi connectivity index (χ0v) is 6.50. The Balaban J connectivity index is 3.92. The lowest BCUT2D eigenvalue weighted by Gasteiger charge is -2.24. The molecule has 0 aromatic rings. The molecule has 0 aliphatic carbocycles. The summed E-state index contributed by atoms with van der Waals surface area (Å²) in [6.07, 6.45) is 0.875. The van der Waals surface area contributed by atoms with E-state index in [-0.39, 0.29) is 12.7 Å². The molecule has 0 spiro atoms. The van der Waals surface area contributed by atoms with Gasteiger partial charge in [-0.05, 0) is 13.3 Å². The molecule has 0 saturated heterocycles. The SMILES string of the molecule is CCC(C)N(CN)C(N)=O. The average Bonchev–Trinajstić information content (AvgIpc) is 1.88. The van der Waals surface area contributed by atoms with Crippen LogP contribution in [0.15, 0.2) is 0 Å². The molecule has 0 aliphatic rings. The normalized spacial score (nSPS) is 12.7. The monoisotopic (exact) mass is 145 g/mol. The van der Waals surface area contributed by atoms with Gasteiger partial charge in [0.2, 0.25) is 0 Å². The maximum Gasteiger partial charge on any atom is 0.316 e. The standard InChI is InChI=1S/C6H15N3O/c1-3-5(2)9(4-7)6(8)10/h5H,3-4,7H2,1-2H3,(H2,8,10). The first-order chi connectivity index (χ1) is 4.63. The van der Waals surface area contributed by atoms with Crippen LogP contribution < -0.4 is 11.5 Å². The molecule has 4 N–H and O–H groups in total. The number of hydrogen-bond acceptors (Lipinski definition) is 2. The van der Waals surface area contributed by atoms with Crippen LogP contribution in [0.5, 0.6) is 0 Å². The number of nitrogens with zero attached hydrogens (tertiary/aromatic N) is 1. The molecule has 4 heteroatoms. The van der Waals surface area contributed by atoms with Gasteiger partial charge in [-0.1, -0.05) is 6.92 Å². The van der Waals surface area contributed by atoms with Gasteiger partial charge in [-0.2, -0.15) is 0 Å². The average molecular weight is 145 g/mol. The molecule has 60 valence electrons. The van der Waals surface area contributed by atoms with Crippen LogP contribution in [-0.2, 0) is 0 Å². The molecule has 0 aromatic heterocycles. The summed E-state index contributed by atoms with van der Waals surface area (Å²) in [5.74, 6) is 0. The quantitative estimate of drug-likeness (QED) is 0.552. The zero-order valence-electron chi connectivity index (χ0n) is 6.50. The maximum atomic E-state index is 10.6. The molecule has 1 unspecified atom stereocenters. The number of hydrogen-bond donors (Lipinski definition) is 2. The number of amides is 2. The number of carbonyl (C=O) groups excluding carboxylic acids is 1. The molecule has 0 radical (unpaired) electrons. The molecule has 0 aliphatic heterocycles. The Hall–Kier alpha value is -0.770. The van der Waals surface area contributed by atoms with Crippen LogP contribution in [0.25, 0.3) is 0 Å². The van der Waals surface area contributed by atoms with E-state index in [0.717, 1.165) is 6.42 Å². The van der Waals surface area contributed by atoms with Crippen LogP contribution in [0.1, 0.15) is 20.3 Å². The molecule has 2 amide bonds. The second-order valence-electron chi connectivity index (χ2n) is 2.25. The van der Waals surface area contributed by atoms with Crippen LogP contribution >= 0.6 is 0 Å². The molecule has 0 rings (SSSR count). The molecular weight excluding hydrogens is 130 g/mol. The number of nitrogens with two attached hydrogens (primary N) is 2. The van der Waals surface area contributed by atoms with E-state index in [1.807, 2.05) is 13.8 Å². The van der Waals surface area contributed by atoms with Crippen molar-refractivity contribution in [2.75, 3.05) is 6.67 Å². The molecule has 4 nitrogen and oxygen atoms in total. The van der Waals surface area contributed by atoms with E-state index in [0.29, 0.717) is 0 Å². The van der Waals surface area contributed by atoms with Crippen molar-refractivity contribution in [3.63, 3.8) is 0 Å². The topological polar surface area (TPSA) is 72.3 Å². The lowest BCUT2D eigenvalue weighted by atomic mass is 10.2. The lowest BCUT2D eigenvalue weighted by Crippen LogP contribution is -2.45. The third kappa shape index (κ3) is 2.23. The van der Waals surface area contributed by atoms with Crippen LogP contribution in [0, 0.1) is 0 Å². The second kappa shape index (κ2) is 4.11. The van der Waals surface area contributed by atoms with Gasteiger partial charge in [-0.15, -0.1) is 0 Å².